The van der Waals surface area contributed by atoms with Crippen molar-refractivity contribution in [2.24, 2.45) is 0 Å². The van der Waals surface area contributed by atoms with Gasteiger partial charge in [0.15, 0.2) is 6.61 Å². The fourth-order valence-corrected chi connectivity index (χ4v) is 3.21. The molecule has 0 saturated carbocycles. The molecule has 1 amide bonds. The third-order valence-electron chi connectivity index (χ3n) is 4.52. The molecule has 1 heterocycles. The Balaban J connectivity index is 1.51. The number of carbonyl (C=O) groups excluding carboxylic acids is 1. The summed E-state index contributed by atoms with van der Waals surface area (Å²) in [6.07, 6.45) is 1.02. The van der Waals surface area contributed by atoms with Gasteiger partial charge in [0, 0.05) is 36.9 Å². The predicted octanol–water partition coefficient (Wildman–Crippen LogP) is 3.63. The van der Waals surface area contributed by atoms with Gasteiger partial charge in [0.05, 0.1) is 0 Å². The molecule has 3 rings (SSSR count). The van der Waals surface area contributed by atoms with Crippen LogP contribution in [0.1, 0.15) is 12.5 Å². The molecule has 25 heavy (non-hydrogen) atoms. The van der Waals surface area contributed by atoms with Gasteiger partial charge in [0.25, 0.3) is 5.91 Å². The normalized spacial score (nSPS) is 14.5. The number of piperazine rings is 1. The first-order valence-corrected chi connectivity index (χ1v) is 9.04. The number of anilines is 1. The summed E-state index contributed by atoms with van der Waals surface area (Å²) in [4.78, 5) is 16.6. The lowest BCUT2D eigenvalue weighted by molar-refractivity contribution is -0.133. The largest absolute Gasteiger partial charge is 0.484 e. The van der Waals surface area contributed by atoms with E-state index in [1.807, 2.05) is 4.90 Å². The zero-order valence-electron chi connectivity index (χ0n) is 14.5. The maximum atomic E-state index is 12.4. The second kappa shape index (κ2) is 8.26. The van der Waals surface area contributed by atoms with E-state index in [9.17, 15) is 4.79 Å². The van der Waals surface area contributed by atoms with Gasteiger partial charge in [-0.25, -0.2) is 0 Å². The maximum absolute atomic E-state index is 12.4. The van der Waals surface area contributed by atoms with E-state index in [1.54, 1.807) is 24.3 Å². The lowest BCUT2D eigenvalue weighted by Gasteiger charge is -2.37. The van der Waals surface area contributed by atoms with E-state index in [0.717, 1.165) is 32.6 Å². The van der Waals surface area contributed by atoms with E-state index in [-0.39, 0.29) is 12.5 Å². The number of para-hydroxylation sites is 1. The van der Waals surface area contributed by atoms with Crippen LogP contribution in [0, 0.1) is 0 Å². The van der Waals surface area contributed by atoms with Crippen LogP contribution in [-0.2, 0) is 11.2 Å². The van der Waals surface area contributed by atoms with Crippen LogP contribution in [0.3, 0.4) is 0 Å². The first-order chi connectivity index (χ1) is 12.2. The summed E-state index contributed by atoms with van der Waals surface area (Å²) >= 11 is 5.85. The average Bonchev–Trinajstić information content (AvgIpc) is 2.67. The molecular weight excluding hydrogens is 336 g/mol. The first-order valence-electron chi connectivity index (χ1n) is 8.66. The fourth-order valence-electron chi connectivity index (χ4n) is 3.08. The number of hydrogen-bond acceptors (Lipinski definition) is 3. The molecule has 2 aromatic carbocycles. The molecule has 0 N–H and O–H groups in total. The van der Waals surface area contributed by atoms with E-state index >= 15 is 0 Å². The average molecular weight is 359 g/mol. The van der Waals surface area contributed by atoms with Crippen molar-refractivity contribution >= 4 is 23.2 Å². The number of benzene rings is 2. The van der Waals surface area contributed by atoms with E-state index in [4.69, 9.17) is 16.3 Å². The summed E-state index contributed by atoms with van der Waals surface area (Å²) in [5, 5.41) is 0.655. The summed E-state index contributed by atoms with van der Waals surface area (Å²) in [7, 11) is 0. The standard InChI is InChI=1S/C20H23ClN2O2/c1-2-16-5-3-4-6-19(16)22-11-13-23(14-12-22)20(24)15-25-18-9-7-17(21)8-10-18/h3-10H,2,11-15H2,1H3. The van der Waals surface area contributed by atoms with Gasteiger partial charge in [-0.05, 0) is 42.3 Å². The highest BCUT2D eigenvalue weighted by Crippen LogP contribution is 2.22. The molecule has 0 bridgehead atoms. The molecule has 0 atom stereocenters. The smallest absolute Gasteiger partial charge is 0.260 e. The van der Waals surface area contributed by atoms with Crippen LogP contribution >= 0.6 is 11.6 Å². The molecule has 5 heteroatoms. The molecule has 0 spiro atoms. The lowest BCUT2D eigenvalue weighted by Crippen LogP contribution is -2.50. The minimum absolute atomic E-state index is 0.0263. The second-order valence-corrected chi connectivity index (χ2v) is 6.53. The lowest BCUT2D eigenvalue weighted by atomic mass is 10.1. The highest BCUT2D eigenvalue weighted by molar-refractivity contribution is 6.30. The second-order valence-electron chi connectivity index (χ2n) is 6.09. The van der Waals surface area contributed by atoms with Crippen LogP contribution in [0.2, 0.25) is 5.02 Å². The number of halogens is 1. The molecule has 0 aromatic heterocycles. The van der Waals surface area contributed by atoms with Crippen LogP contribution in [0.25, 0.3) is 0 Å². The zero-order valence-corrected chi connectivity index (χ0v) is 15.2. The van der Waals surface area contributed by atoms with Gasteiger partial charge >= 0.3 is 0 Å². The Kier molecular flexibility index (Phi) is 5.82. The van der Waals surface area contributed by atoms with Gasteiger partial charge in [-0.3, -0.25) is 4.79 Å². The molecule has 132 valence electrons. The number of hydrogen-bond donors (Lipinski definition) is 0. The van der Waals surface area contributed by atoms with E-state index in [2.05, 4.69) is 36.1 Å². The van der Waals surface area contributed by atoms with Crippen molar-refractivity contribution in [3.8, 4) is 5.75 Å². The molecule has 1 aliphatic rings. The van der Waals surface area contributed by atoms with Gasteiger partial charge in [0.2, 0.25) is 0 Å². The summed E-state index contributed by atoms with van der Waals surface area (Å²) in [6.45, 7) is 5.38. The van der Waals surface area contributed by atoms with Gasteiger partial charge in [0.1, 0.15) is 5.75 Å². The summed E-state index contributed by atoms with van der Waals surface area (Å²) in [6, 6.07) is 15.6. The van der Waals surface area contributed by atoms with Crippen LogP contribution in [-0.4, -0.2) is 43.6 Å². The molecule has 4 nitrogen and oxygen atoms in total. The van der Waals surface area contributed by atoms with Crippen LogP contribution in [0.15, 0.2) is 48.5 Å². The maximum Gasteiger partial charge on any atom is 0.260 e. The molecule has 0 aliphatic carbocycles. The zero-order chi connectivity index (χ0) is 17.6. The van der Waals surface area contributed by atoms with E-state index < -0.39 is 0 Å². The Morgan fingerprint density at radius 2 is 1.72 bits per heavy atom. The molecule has 0 radical (unpaired) electrons. The molecule has 2 aromatic rings. The van der Waals surface area contributed by atoms with Crippen molar-refractivity contribution in [3.05, 3.63) is 59.1 Å². The summed E-state index contributed by atoms with van der Waals surface area (Å²) < 4.78 is 5.56. The molecule has 0 unspecified atom stereocenters. The number of aryl methyl sites for hydroxylation is 1. The number of rotatable bonds is 5. The Morgan fingerprint density at radius 1 is 1.04 bits per heavy atom. The Bertz CT molecular complexity index is 710. The monoisotopic (exact) mass is 358 g/mol. The van der Waals surface area contributed by atoms with E-state index in [0.29, 0.717) is 10.8 Å². The Morgan fingerprint density at radius 3 is 2.40 bits per heavy atom. The Labute approximate surface area is 154 Å². The molecule has 1 saturated heterocycles. The topological polar surface area (TPSA) is 32.8 Å². The first kappa shape index (κ1) is 17.6. The van der Waals surface area contributed by atoms with Crippen LogP contribution in [0.4, 0.5) is 5.69 Å². The predicted molar refractivity (Wildman–Crippen MR) is 102 cm³/mol. The van der Waals surface area contributed by atoms with Gasteiger partial charge in [-0.2, -0.15) is 0 Å². The minimum atomic E-state index is 0.0263. The summed E-state index contributed by atoms with van der Waals surface area (Å²) in [5.74, 6) is 0.687. The highest BCUT2D eigenvalue weighted by atomic mass is 35.5. The summed E-state index contributed by atoms with van der Waals surface area (Å²) in [5.41, 5.74) is 2.64. The van der Waals surface area contributed by atoms with Crippen molar-refractivity contribution in [1.82, 2.24) is 4.90 Å². The molecule has 1 fully saturated rings. The van der Waals surface area contributed by atoms with Crippen LogP contribution in [0.5, 0.6) is 5.75 Å². The van der Waals surface area contributed by atoms with E-state index in [1.165, 1.54) is 11.3 Å². The number of carbonyl (C=O) groups is 1. The highest BCUT2D eigenvalue weighted by Gasteiger charge is 2.22. The quantitative estimate of drug-likeness (QED) is 0.818. The van der Waals surface area contributed by atoms with Crippen molar-refractivity contribution in [1.29, 1.82) is 0 Å². The minimum Gasteiger partial charge on any atom is -0.484 e. The Hall–Kier alpha value is -2.20. The number of amides is 1. The third kappa shape index (κ3) is 4.45. The van der Waals surface area contributed by atoms with Crippen molar-refractivity contribution < 1.29 is 9.53 Å². The third-order valence-corrected chi connectivity index (χ3v) is 4.77. The van der Waals surface area contributed by atoms with Gasteiger partial charge in [-0.15, -0.1) is 0 Å². The van der Waals surface area contributed by atoms with Crippen molar-refractivity contribution in [2.75, 3.05) is 37.7 Å². The van der Waals surface area contributed by atoms with Crippen molar-refractivity contribution in [3.63, 3.8) is 0 Å². The molecule has 1 aliphatic heterocycles. The fraction of sp³-hybridized carbons (Fsp3) is 0.350. The molecular formula is C20H23ClN2O2. The van der Waals surface area contributed by atoms with Crippen LogP contribution < -0.4 is 9.64 Å². The van der Waals surface area contributed by atoms with Gasteiger partial charge < -0.3 is 14.5 Å². The SMILES string of the molecule is CCc1ccccc1N1CCN(C(=O)COc2ccc(Cl)cc2)CC1. The van der Waals surface area contributed by atoms with Crippen molar-refractivity contribution in [2.45, 2.75) is 13.3 Å². The number of ether oxygens (including phenoxy) is 1. The number of nitrogens with zero attached hydrogens (tertiary/aromatic N) is 2. The van der Waals surface area contributed by atoms with Gasteiger partial charge in [-0.1, -0.05) is 36.7 Å².